The van der Waals surface area contributed by atoms with Crippen molar-refractivity contribution in [2.45, 2.75) is 77.8 Å². The molecule has 2 heteroatoms. The molecule has 0 aromatic heterocycles. The summed E-state index contributed by atoms with van der Waals surface area (Å²) in [5.41, 5.74) is 0.280. The molecule has 1 aliphatic rings. The summed E-state index contributed by atoms with van der Waals surface area (Å²) in [6.45, 7) is 12.1. The lowest BCUT2D eigenvalue weighted by Gasteiger charge is -2.44. The molecule has 2 nitrogen and oxygen atoms in total. The van der Waals surface area contributed by atoms with Crippen LogP contribution in [0.4, 0.5) is 0 Å². The predicted molar refractivity (Wildman–Crippen MR) is 81.0 cm³/mol. The van der Waals surface area contributed by atoms with E-state index in [0.717, 1.165) is 5.92 Å². The molecule has 1 fully saturated rings. The second kappa shape index (κ2) is 7.49. The second-order valence-corrected chi connectivity index (χ2v) is 6.65. The van der Waals surface area contributed by atoms with Gasteiger partial charge >= 0.3 is 0 Å². The van der Waals surface area contributed by atoms with E-state index in [1.807, 2.05) is 0 Å². The number of nitrogens with zero attached hydrogens (tertiary/aromatic N) is 1. The van der Waals surface area contributed by atoms with Crippen LogP contribution in [0.1, 0.15) is 66.2 Å². The molecular formula is C16H34N2. The molecule has 1 rings (SSSR count). The molecule has 0 amide bonds. The smallest absolute Gasteiger partial charge is 0.0306 e. The molecule has 2 unspecified atom stereocenters. The highest BCUT2D eigenvalue weighted by Crippen LogP contribution is 2.27. The summed E-state index contributed by atoms with van der Waals surface area (Å²) in [5, 5.41) is 3.58. The Morgan fingerprint density at radius 1 is 1.11 bits per heavy atom. The van der Waals surface area contributed by atoms with Gasteiger partial charge in [0.1, 0.15) is 0 Å². The van der Waals surface area contributed by atoms with Crippen LogP contribution >= 0.6 is 0 Å². The van der Waals surface area contributed by atoms with Crippen molar-refractivity contribution in [2.75, 3.05) is 20.1 Å². The van der Waals surface area contributed by atoms with Gasteiger partial charge < -0.3 is 5.32 Å². The molecule has 0 spiro atoms. The summed E-state index contributed by atoms with van der Waals surface area (Å²) in [7, 11) is 2.13. The minimum atomic E-state index is 0.280. The van der Waals surface area contributed by atoms with Crippen molar-refractivity contribution in [1.82, 2.24) is 10.2 Å². The van der Waals surface area contributed by atoms with Crippen LogP contribution < -0.4 is 5.32 Å². The van der Waals surface area contributed by atoms with Crippen LogP contribution in [0.5, 0.6) is 0 Å². The molecule has 0 bridgehead atoms. The molecule has 1 heterocycles. The number of rotatable bonds is 6. The lowest BCUT2D eigenvalue weighted by Crippen LogP contribution is -2.57. The van der Waals surface area contributed by atoms with E-state index >= 15 is 0 Å². The van der Waals surface area contributed by atoms with Crippen molar-refractivity contribution in [1.29, 1.82) is 0 Å². The van der Waals surface area contributed by atoms with Crippen molar-refractivity contribution in [3.8, 4) is 0 Å². The van der Waals surface area contributed by atoms with Crippen LogP contribution in [0.3, 0.4) is 0 Å². The number of hydrogen-bond acceptors (Lipinski definition) is 2. The monoisotopic (exact) mass is 254 g/mol. The van der Waals surface area contributed by atoms with E-state index < -0.39 is 0 Å². The minimum absolute atomic E-state index is 0.280. The molecule has 18 heavy (non-hydrogen) atoms. The molecule has 0 aromatic rings. The number of likely N-dealkylation sites (tertiary alicyclic amines) is 1. The highest BCUT2D eigenvalue weighted by Gasteiger charge is 2.35. The van der Waals surface area contributed by atoms with Crippen molar-refractivity contribution >= 4 is 0 Å². The van der Waals surface area contributed by atoms with Gasteiger partial charge in [-0.2, -0.15) is 0 Å². The average Bonchev–Trinajstić information content (AvgIpc) is 2.64. The fraction of sp³-hybridized carbons (Fsp3) is 1.00. The molecule has 1 saturated heterocycles. The van der Waals surface area contributed by atoms with Crippen molar-refractivity contribution in [2.24, 2.45) is 5.92 Å². The third kappa shape index (κ3) is 4.24. The van der Waals surface area contributed by atoms with Gasteiger partial charge in [-0.1, -0.05) is 33.1 Å². The Morgan fingerprint density at radius 3 is 2.11 bits per heavy atom. The standard InChI is InChI=1S/C16H34N2/c1-6-14(2)13-15(17-5)16(3,4)18-11-9-7-8-10-12-18/h14-15,17H,6-13H2,1-5H3. The van der Waals surface area contributed by atoms with Gasteiger partial charge in [0.05, 0.1) is 0 Å². The highest BCUT2D eigenvalue weighted by molar-refractivity contribution is 4.94. The van der Waals surface area contributed by atoms with Crippen molar-refractivity contribution in [3.63, 3.8) is 0 Å². The topological polar surface area (TPSA) is 15.3 Å². The first-order valence-electron chi connectivity index (χ1n) is 7.94. The lowest BCUT2D eigenvalue weighted by atomic mass is 9.85. The molecule has 0 aliphatic carbocycles. The first-order chi connectivity index (χ1) is 8.52. The van der Waals surface area contributed by atoms with E-state index in [4.69, 9.17) is 0 Å². The highest BCUT2D eigenvalue weighted by atomic mass is 15.2. The number of hydrogen-bond donors (Lipinski definition) is 1. The zero-order chi connectivity index (χ0) is 13.6. The predicted octanol–water partition coefficient (Wildman–Crippen LogP) is 3.67. The van der Waals surface area contributed by atoms with E-state index in [1.165, 1.54) is 51.6 Å². The summed E-state index contributed by atoms with van der Waals surface area (Å²) in [6, 6.07) is 0.602. The zero-order valence-electron chi connectivity index (χ0n) is 13.3. The number of nitrogens with one attached hydrogen (secondary N) is 1. The average molecular weight is 254 g/mol. The molecule has 0 saturated carbocycles. The zero-order valence-corrected chi connectivity index (χ0v) is 13.3. The molecular weight excluding hydrogens is 220 g/mol. The van der Waals surface area contributed by atoms with Gasteiger partial charge in [0.15, 0.2) is 0 Å². The maximum absolute atomic E-state index is 3.58. The molecule has 1 aliphatic heterocycles. The summed E-state index contributed by atoms with van der Waals surface area (Å²) in [5.74, 6) is 0.814. The van der Waals surface area contributed by atoms with E-state index in [1.54, 1.807) is 0 Å². The van der Waals surface area contributed by atoms with E-state index in [2.05, 4.69) is 45.0 Å². The summed E-state index contributed by atoms with van der Waals surface area (Å²) >= 11 is 0. The Hall–Kier alpha value is -0.0800. The Balaban J connectivity index is 2.66. The van der Waals surface area contributed by atoms with Crippen LogP contribution in [0.15, 0.2) is 0 Å². The third-order valence-electron chi connectivity index (χ3n) is 4.96. The number of likely N-dealkylation sites (N-methyl/N-ethyl adjacent to an activating group) is 1. The van der Waals surface area contributed by atoms with Crippen molar-refractivity contribution in [3.05, 3.63) is 0 Å². The van der Waals surface area contributed by atoms with E-state index in [9.17, 15) is 0 Å². The summed E-state index contributed by atoms with van der Waals surface area (Å²) < 4.78 is 0. The molecule has 0 radical (unpaired) electrons. The van der Waals surface area contributed by atoms with Gasteiger partial charge in [-0.05, 0) is 59.2 Å². The van der Waals surface area contributed by atoms with Crippen LogP contribution in [-0.4, -0.2) is 36.6 Å². The largest absolute Gasteiger partial charge is 0.315 e. The fourth-order valence-electron chi connectivity index (χ4n) is 3.20. The molecule has 2 atom stereocenters. The van der Waals surface area contributed by atoms with Crippen LogP contribution in [0.2, 0.25) is 0 Å². The fourth-order valence-corrected chi connectivity index (χ4v) is 3.20. The Labute approximate surface area is 115 Å². The molecule has 108 valence electrons. The van der Waals surface area contributed by atoms with E-state index in [-0.39, 0.29) is 5.54 Å². The first-order valence-corrected chi connectivity index (χ1v) is 7.94. The quantitative estimate of drug-likeness (QED) is 0.778. The summed E-state index contributed by atoms with van der Waals surface area (Å²) in [6.07, 6.45) is 8.17. The maximum atomic E-state index is 3.58. The minimum Gasteiger partial charge on any atom is -0.315 e. The van der Waals surface area contributed by atoms with Gasteiger partial charge in [0.2, 0.25) is 0 Å². The Morgan fingerprint density at radius 2 is 1.67 bits per heavy atom. The maximum Gasteiger partial charge on any atom is 0.0306 e. The van der Waals surface area contributed by atoms with Gasteiger partial charge in [0.25, 0.3) is 0 Å². The van der Waals surface area contributed by atoms with Crippen LogP contribution in [-0.2, 0) is 0 Å². The molecule has 0 aromatic carbocycles. The van der Waals surface area contributed by atoms with E-state index in [0.29, 0.717) is 6.04 Å². The van der Waals surface area contributed by atoms with Gasteiger partial charge in [-0.25, -0.2) is 0 Å². The normalized spacial score (nSPS) is 22.5. The van der Waals surface area contributed by atoms with Gasteiger partial charge in [-0.15, -0.1) is 0 Å². The Kier molecular flexibility index (Phi) is 6.65. The van der Waals surface area contributed by atoms with Gasteiger partial charge in [-0.3, -0.25) is 4.90 Å². The summed E-state index contributed by atoms with van der Waals surface area (Å²) in [4.78, 5) is 2.73. The van der Waals surface area contributed by atoms with Crippen LogP contribution in [0, 0.1) is 5.92 Å². The Bertz CT molecular complexity index is 217. The second-order valence-electron chi connectivity index (χ2n) is 6.65. The first kappa shape index (κ1) is 16.0. The van der Waals surface area contributed by atoms with Crippen LogP contribution in [0.25, 0.3) is 0 Å². The molecule has 1 N–H and O–H groups in total. The SMILES string of the molecule is CCC(C)CC(NC)C(C)(C)N1CCCCCC1. The van der Waals surface area contributed by atoms with Gasteiger partial charge in [0, 0.05) is 11.6 Å². The lowest BCUT2D eigenvalue weighted by molar-refractivity contribution is 0.0768. The third-order valence-corrected chi connectivity index (χ3v) is 4.96. The van der Waals surface area contributed by atoms with Crippen molar-refractivity contribution < 1.29 is 0 Å².